The van der Waals surface area contributed by atoms with Crippen LogP contribution in [0.3, 0.4) is 0 Å². The van der Waals surface area contributed by atoms with Crippen LogP contribution in [-0.4, -0.2) is 21.5 Å². The molecule has 3 aromatic rings. The van der Waals surface area contributed by atoms with Gasteiger partial charge in [0.25, 0.3) is 5.69 Å². The molecule has 1 aromatic heterocycles. The first-order chi connectivity index (χ1) is 11.0. The van der Waals surface area contributed by atoms with E-state index in [4.69, 9.17) is 11.6 Å². The minimum Gasteiger partial charge on any atom is -0.362 e. The van der Waals surface area contributed by atoms with E-state index >= 15 is 0 Å². The minimum absolute atomic E-state index is 0.0150. The number of nitrogens with zero attached hydrogens (tertiary/aromatic N) is 4. The molecular formula is C16H15ClN4O2. The largest absolute Gasteiger partial charge is 0.362 e. The molecule has 0 bridgehead atoms. The van der Waals surface area contributed by atoms with Crippen molar-refractivity contribution in [2.45, 2.75) is 6.54 Å². The van der Waals surface area contributed by atoms with Crippen LogP contribution in [-0.2, 0) is 13.6 Å². The number of nitro benzene ring substituents is 1. The number of fused-ring (bicyclic) bond motifs is 1. The average Bonchev–Trinajstić information content (AvgIpc) is 2.83. The molecule has 0 N–H and O–H groups in total. The zero-order valence-electron chi connectivity index (χ0n) is 12.7. The van der Waals surface area contributed by atoms with Crippen molar-refractivity contribution in [3.05, 3.63) is 63.4 Å². The predicted octanol–water partition coefficient (Wildman–Crippen LogP) is 3.77. The Labute approximate surface area is 138 Å². The molecule has 6 nitrogen and oxygen atoms in total. The van der Waals surface area contributed by atoms with Gasteiger partial charge in [-0.05, 0) is 24.3 Å². The molecule has 2 aromatic carbocycles. The van der Waals surface area contributed by atoms with E-state index < -0.39 is 4.92 Å². The first-order valence-electron chi connectivity index (χ1n) is 7.03. The fraction of sp³-hybridized carbons (Fsp3) is 0.188. The molecule has 0 saturated carbocycles. The minimum atomic E-state index is -0.424. The topological polar surface area (TPSA) is 64.2 Å². The van der Waals surface area contributed by atoms with Gasteiger partial charge in [0.15, 0.2) is 0 Å². The molecule has 3 rings (SSSR count). The van der Waals surface area contributed by atoms with E-state index in [1.54, 1.807) is 24.1 Å². The predicted molar refractivity (Wildman–Crippen MR) is 90.9 cm³/mol. The van der Waals surface area contributed by atoms with Gasteiger partial charge in [-0.15, -0.1) is 0 Å². The highest BCUT2D eigenvalue weighted by Crippen LogP contribution is 2.31. The number of rotatable bonds is 4. The van der Waals surface area contributed by atoms with E-state index in [0.717, 1.165) is 16.9 Å². The van der Waals surface area contributed by atoms with Gasteiger partial charge in [0.2, 0.25) is 0 Å². The summed E-state index contributed by atoms with van der Waals surface area (Å²) in [7, 11) is 3.74. The van der Waals surface area contributed by atoms with Crippen LogP contribution in [0.4, 0.5) is 11.4 Å². The van der Waals surface area contributed by atoms with Crippen LogP contribution in [0.5, 0.6) is 0 Å². The number of aromatic nitrogens is 2. The molecule has 0 spiro atoms. The van der Waals surface area contributed by atoms with Crippen molar-refractivity contribution < 1.29 is 4.92 Å². The second kappa shape index (κ2) is 5.89. The third-order valence-electron chi connectivity index (χ3n) is 3.80. The zero-order chi connectivity index (χ0) is 16.6. The summed E-state index contributed by atoms with van der Waals surface area (Å²) in [5.74, 6) is 0.831. The molecule has 0 aliphatic heterocycles. The quantitative estimate of drug-likeness (QED) is 0.539. The molecule has 0 aliphatic carbocycles. The maximum absolute atomic E-state index is 11.2. The molecule has 0 radical (unpaired) electrons. The highest BCUT2D eigenvalue weighted by atomic mass is 35.5. The monoisotopic (exact) mass is 330 g/mol. The van der Waals surface area contributed by atoms with E-state index in [1.165, 1.54) is 6.07 Å². The van der Waals surface area contributed by atoms with Crippen LogP contribution < -0.4 is 4.90 Å². The third-order valence-corrected chi connectivity index (χ3v) is 4.04. The van der Waals surface area contributed by atoms with Crippen LogP contribution in [0.25, 0.3) is 11.0 Å². The van der Waals surface area contributed by atoms with Crippen molar-refractivity contribution in [2.24, 2.45) is 7.05 Å². The molecule has 0 unspecified atom stereocenters. The van der Waals surface area contributed by atoms with E-state index in [0.29, 0.717) is 17.3 Å². The number of para-hydroxylation sites is 2. The van der Waals surface area contributed by atoms with E-state index in [-0.39, 0.29) is 5.69 Å². The Balaban J connectivity index is 1.96. The van der Waals surface area contributed by atoms with Gasteiger partial charge in [-0.25, -0.2) is 4.98 Å². The van der Waals surface area contributed by atoms with Crippen LogP contribution in [0.15, 0.2) is 42.5 Å². The Kier molecular flexibility index (Phi) is 3.92. The standard InChI is InChI=1S/C16H15ClN4O2/c1-19(14-8-7-11(17)9-15(14)21(22)23)10-16-18-12-5-3-4-6-13(12)20(16)2/h3-9H,10H2,1-2H3. The average molecular weight is 331 g/mol. The molecule has 0 fully saturated rings. The molecule has 118 valence electrons. The summed E-state index contributed by atoms with van der Waals surface area (Å²) in [6.07, 6.45) is 0. The molecule has 7 heteroatoms. The third kappa shape index (κ3) is 2.85. The Hall–Kier alpha value is -2.60. The lowest BCUT2D eigenvalue weighted by atomic mass is 10.2. The number of imidazole rings is 1. The number of aryl methyl sites for hydroxylation is 1. The van der Waals surface area contributed by atoms with Gasteiger partial charge in [-0.3, -0.25) is 10.1 Å². The Morgan fingerprint density at radius 2 is 2.04 bits per heavy atom. The van der Waals surface area contributed by atoms with Crippen molar-refractivity contribution in [1.82, 2.24) is 9.55 Å². The highest BCUT2D eigenvalue weighted by Gasteiger charge is 2.19. The van der Waals surface area contributed by atoms with Crippen LogP contribution in [0, 0.1) is 10.1 Å². The summed E-state index contributed by atoms with van der Waals surface area (Å²) in [6, 6.07) is 12.5. The number of benzene rings is 2. The van der Waals surface area contributed by atoms with Crippen molar-refractivity contribution >= 4 is 34.0 Å². The van der Waals surface area contributed by atoms with Crippen molar-refractivity contribution in [2.75, 3.05) is 11.9 Å². The fourth-order valence-electron chi connectivity index (χ4n) is 2.60. The number of halogens is 1. The van der Waals surface area contributed by atoms with Gasteiger partial charge in [0.1, 0.15) is 11.5 Å². The lowest BCUT2D eigenvalue weighted by Gasteiger charge is -2.19. The molecule has 23 heavy (non-hydrogen) atoms. The van der Waals surface area contributed by atoms with Crippen molar-refractivity contribution in [1.29, 1.82) is 0 Å². The van der Waals surface area contributed by atoms with Gasteiger partial charge in [-0.2, -0.15) is 0 Å². The zero-order valence-corrected chi connectivity index (χ0v) is 13.5. The number of hydrogen-bond acceptors (Lipinski definition) is 4. The Morgan fingerprint density at radius 3 is 2.74 bits per heavy atom. The van der Waals surface area contributed by atoms with Crippen LogP contribution in [0.2, 0.25) is 5.02 Å². The second-order valence-electron chi connectivity index (χ2n) is 5.32. The summed E-state index contributed by atoms with van der Waals surface area (Å²) in [6.45, 7) is 0.452. The van der Waals surface area contributed by atoms with E-state index in [9.17, 15) is 10.1 Å². The van der Waals surface area contributed by atoms with Crippen LogP contribution >= 0.6 is 11.6 Å². The number of nitro groups is 1. The Bertz CT molecular complexity index is 891. The first-order valence-corrected chi connectivity index (χ1v) is 7.40. The summed E-state index contributed by atoms with van der Waals surface area (Å²) in [5.41, 5.74) is 2.43. The van der Waals surface area contributed by atoms with Crippen LogP contribution in [0.1, 0.15) is 5.82 Å². The smallest absolute Gasteiger partial charge is 0.294 e. The SMILES string of the molecule is CN(Cc1nc2ccccc2n1C)c1ccc(Cl)cc1[N+](=O)[O-]. The van der Waals surface area contributed by atoms with Gasteiger partial charge in [0.05, 0.1) is 22.5 Å². The number of hydrogen-bond donors (Lipinski definition) is 0. The first kappa shape index (κ1) is 15.3. The maximum atomic E-state index is 11.2. The van der Waals surface area contributed by atoms with Gasteiger partial charge < -0.3 is 9.47 Å². The second-order valence-corrected chi connectivity index (χ2v) is 5.76. The molecule has 0 atom stereocenters. The number of anilines is 1. The summed E-state index contributed by atoms with van der Waals surface area (Å²) >= 11 is 5.87. The van der Waals surface area contributed by atoms with Gasteiger partial charge in [0, 0.05) is 25.2 Å². The molecule has 1 heterocycles. The summed E-state index contributed by atoms with van der Waals surface area (Å²) in [4.78, 5) is 17.2. The lowest BCUT2D eigenvalue weighted by Crippen LogP contribution is -2.20. The molecule has 0 amide bonds. The van der Waals surface area contributed by atoms with Gasteiger partial charge in [-0.1, -0.05) is 23.7 Å². The molecule has 0 aliphatic rings. The fourth-order valence-corrected chi connectivity index (χ4v) is 2.77. The highest BCUT2D eigenvalue weighted by molar-refractivity contribution is 6.30. The van der Waals surface area contributed by atoms with Crippen molar-refractivity contribution in [3.8, 4) is 0 Å². The van der Waals surface area contributed by atoms with Crippen molar-refractivity contribution in [3.63, 3.8) is 0 Å². The van der Waals surface area contributed by atoms with E-state index in [1.807, 2.05) is 35.9 Å². The summed E-state index contributed by atoms with van der Waals surface area (Å²) in [5, 5.41) is 11.6. The van der Waals surface area contributed by atoms with E-state index in [2.05, 4.69) is 4.98 Å². The lowest BCUT2D eigenvalue weighted by molar-refractivity contribution is -0.384. The maximum Gasteiger partial charge on any atom is 0.294 e. The normalized spacial score (nSPS) is 10.9. The molecular weight excluding hydrogens is 316 g/mol. The Morgan fingerprint density at radius 1 is 1.30 bits per heavy atom. The molecule has 0 saturated heterocycles. The summed E-state index contributed by atoms with van der Waals surface area (Å²) < 4.78 is 1.99. The van der Waals surface area contributed by atoms with Gasteiger partial charge >= 0.3 is 0 Å².